The molecule has 0 saturated carbocycles. The molecule has 0 unspecified atom stereocenters. The third-order valence-electron chi connectivity index (χ3n) is 3.72. The molecule has 1 aromatic heterocycles. The summed E-state index contributed by atoms with van der Waals surface area (Å²) in [5.41, 5.74) is 2.28. The summed E-state index contributed by atoms with van der Waals surface area (Å²) < 4.78 is 7.18. The molecule has 104 valence electrons. The second kappa shape index (κ2) is 5.58. The van der Waals surface area contributed by atoms with Crippen molar-refractivity contribution in [3.8, 4) is 0 Å². The van der Waals surface area contributed by atoms with Gasteiger partial charge in [0.25, 0.3) is 0 Å². The molecule has 0 saturated heterocycles. The average molecular weight is 332 g/mol. The van der Waals surface area contributed by atoms with Gasteiger partial charge in [-0.1, -0.05) is 38.1 Å². The minimum atomic E-state index is 0.789. The Hall–Kier alpha value is -1.32. The number of benzene rings is 2. The van der Waals surface area contributed by atoms with E-state index in [-0.39, 0.29) is 0 Å². The van der Waals surface area contributed by atoms with Crippen LogP contribution in [0, 0.1) is 0 Å². The number of fused-ring (bicyclic) bond motifs is 2. The van der Waals surface area contributed by atoms with Crippen molar-refractivity contribution in [3.05, 3.63) is 46.1 Å². The first-order valence-corrected chi connectivity index (χ1v) is 7.87. The first-order valence-electron chi connectivity index (χ1n) is 7.08. The van der Waals surface area contributed by atoms with Crippen molar-refractivity contribution in [1.82, 2.24) is 5.32 Å². The minimum Gasteiger partial charge on any atom is -0.458 e. The van der Waals surface area contributed by atoms with E-state index in [1.807, 2.05) is 0 Å². The summed E-state index contributed by atoms with van der Waals surface area (Å²) >= 11 is 3.71. The van der Waals surface area contributed by atoms with Crippen LogP contribution in [0.25, 0.3) is 21.7 Å². The van der Waals surface area contributed by atoms with Gasteiger partial charge in [-0.15, -0.1) is 0 Å². The predicted molar refractivity (Wildman–Crippen MR) is 88.2 cm³/mol. The van der Waals surface area contributed by atoms with Gasteiger partial charge in [0.2, 0.25) is 0 Å². The van der Waals surface area contributed by atoms with Gasteiger partial charge in [-0.05, 0) is 45.7 Å². The molecule has 3 heteroatoms. The van der Waals surface area contributed by atoms with Crippen molar-refractivity contribution in [2.45, 2.75) is 26.8 Å². The van der Waals surface area contributed by atoms with Crippen LogP contribution in [0.1, 0.15) is 25.2 Å². The number of rotatable bonds is 4. The maximum Gasteiger partial charge on any atom is 0.149 e. The molecule has 1 N–H and O–H groups in total. The zero-order chi connectivity index (χ0) is 14.1. The Kier molecular flexibility index (Phi) is 3.81. The fourth-order valence-corrected chi connectivity index (χ4v) is 3.37. The molecule has 0 amide bonds. The average Bonchev–Trinajstić information content (AvgIpc) is 2.83. The van der Waals surface area contributed by atoms with Crippen LogP contribution in [-0.4, -0.2) is 6.54 Å². The quantitative estimate of drug-likeness (QED) is 0.726. The fraction of sp³-hybridized carbons (Fsp3) is 0.294. The molecule has 1 heterocycles. The highest BCUT2D eigenvalue weighted by molar-refractivity contribution is 9.10. The van der Waals surface area contributed by atoms with E-state index in [1.54, 1.807) is 0 Å². The normalized spacial score (nSPS) is 11.6. The summed E-state index contributed by atoms with van der Waals surface area (Å²) in [4.78, 5) is 0. The van der Waals surface area contributed by atoms with Gasteiger partial charge in [-0.2, -0.15) is 0 Å². The van der Waals surface area contributed by atoms with Crippen LogP contribution in [0.15, 0.2) is 39.2 Å². The van der Waals surface area contributed by atoms with Gasteiger partial charge in [0.05, 0.1) is 11.0 Å². The van der Waals surface area contributed by atoms with E-state index >= 15 is 0 Å². The third-order valence-corrected chi connectivity index (χ3v) is 4.50. The SMILES string of the molecule is CCNCc1oc2c(Br)c3ccccc3cc2c1CC. The van der Waals surface area contributed by atoms with Gasteiger partial charge < -0.3 is 9.73 Å². The van der Waals surface area contributed by atoms with E-state index in [9.17, 15) is 0 Å². The molecule has 0 atom stereocenters. The van der Waals surface area contributed by atoms with Crippen LogP contribution in [0.5, 0.6) is 0 Å². The van der Waals surface area contributed by atoms with Gasteiger partial charge in [0.1, 0.15) is 11.3 Å². The summed E-state index contributed by atoms with van der Waals surface area (Å²) in [7, 11) is 0. The molecule has 0 bridgehead atoms. The van der Waals surface area contributed by atoms with E-state index in [0.717, 1.165) is 35.3 Å². The number of nitrogens with one attached hydrogen (secondary N) is 1. The Balaban J connectivity index is 2.29. The van der Waals surface area contributed by atoms with Gasteiger partial charge in [0, 0.05) is 10.9 Å². The molecule has 3 aromatic rings. The Morgan fingerprint density at radius 3 is 2.70 bits per heavy atom. The van der Waals surface area contributed by atoms with Crippen LogP contribution < -0.4 is 5.32 Å². The molecule has 20 heavy (non-hydrogen) atoms. The van der Waals surface area contributed by atoms with Crippen molar-refractivity contribution >= 4 is 37.7 Å². The van der Waals surface area contributed by atoms with Gasteiger partial charge in [-0.3, -0.25) is 0 Å². The van der Waals surface area contributed by atoms with E-state index in [1.165, 1.54) is 21.7 Å². The lowest BCUT2D eigenvalue weighted by Gasteiger charge is -2.02. The van der Waals surface area contributed by atoms with Crippen LogP contribution in [0.4, 0.5) is 0 Å². The lowest BCUT2D eigenvalue weighted by molar-refractivity contribution is 0.513. The lowest BCUT2D eigenvalue weighted by Crippen LogP contribution is -2.12. The number of aryl methyl sites for hydroxylation is 1. The number of halogens is 1. The largest absolute Gasteiger partial charge is 0.458 e. The molecule has 0 aliphatic rings. The maximum absolute atomic E-state index is 6.12. The molecular weight excluding hydrogens is 314 g/mol. The summed E-state index contributed by atoms with van der Waals surface area (Å²) in [5, 5.41) is 7.03. The molecule has 0 radical (unpaired) electrons. The maximum atomic E-state index is 6.12. The fourth-order valence-electron chi connectivity index (χ4n) is 2.71. The second-order valence-electron chi connectivity index (χ2n) is 4.93. The Morgan fingerprint density at radius 2 is 1.95 bits per heavy atom. The van der Waals surface area contributed by atoms with E-state index in [4.69, 9.17) is 4.42 Å². The number of furan rings is 1. The van der Waals surface area contributed by atoms with Crippen LogP contribution >= 0.6 is 15.9 Å². The zero-order valence-corrected chi connectivity index (χ0v) is 13.4. The van der Waals surface area contributed by atoms with Crippen LogP contribution in [0.2, 0.25) is 0 Å². The Bertz CT molecular complexity index is 760. The Morgan fingerprint density at radius 1 is 1.15 bits per heavy atom. The van der Waals surface area contributed by atoms with Gasteiger partial charge >= 0.3 is 0 Å². The first kappa shape index (κ1) is 13.7. The van der Waals surface area contributed by atoms with Crippen molar-refractivity contribution in [1.29, 1.82) is 0 Å². The summed E-state index contributed by atoms with van der Waals surface area (Å²) in [6.07, 6.45) is 0.985. The molecule has 0 aliphatic carbocycles. The van der Waals surface area contributed by atoms with Gasteiger partial charge in [0.15, 0.2) is 0 Å². The molecule has 2 nitrogen and oxygen atoms in total. The monoisotopic (exact) mass is 331 g/mol. The first-order chi connectivity index (χ1) is 9.76. The van der Waals surface area contributed by atoms with Gasteiger partial charge in [-0.25, -0.2) is 0 Å². The van der Waals surface area contributed by atoms with Crippen molar-refractivity contribution < 1.29 is 4.42 Å². The summed E-state index contributed by atoms with van der Waals surface area (Å²) in [6.45, 7) is 6.03. The second-order valence-corrected chi connectivity index (χ2v) is 5.72. The lowest BCUT2D eigenvalue weighted by atomic mass is 10.0. The van der Waals surface area contributed by atoms with Crippen LogP contribution in [0.3, 0.4) is 0 Å². The Labute approximate surface area is 127 Å². The molecule has 3 rings (SSSR count). The third kappa shape index (κ3) is 2.15. The topological polar surface area (TPSA) is 25.2 Å². The number of hydrogen-bond acceptors (Lipinski definition) is 2. The summed E-state index contributed by atoms with van der Waals surface area (Å²) in [5.74, 6) is 1.06. The molecule has 0 aliphatic heterocycles. The molecular formula is C17H18BrNO. The minimum absolute atomic E-state index is 0.789. The van der Waals surface area contributed by atoms with Crippen molar-refractivity contribution in [3.63, 3.8) is 0 Å². The van der Waals surface area contributed by atoms with Crippen molar-refractivity contribution in [2.75, 3.05) is 6.54 Å². The summed E-state index contributed by atoms with van der Waals surface area (Å²) in [6, 6.07) is 10.6. The van der Waals surface area contributed by atoms with E-state index in [2.05, 4.69) is 65.4 Å². The molecule has 2 aromatic carbocycles. The highest BCUT2D eigenvalue weighted by Gasteiger charge is 2.16. The highest BCUT2D eigenvalue weighted by Crippen LogP contribution is 2.37. The number of hydrogen-bond donors (Lipinski definition) is 1. The molecule has 0 spiro atoms. The molecule has 0 fully saturated rings. The highest BCUT2D eigenvalue weighted by atomic mass is 79.9. The predicted octanol–water partition coefficient (Wildman–Crippen LogP) is 5.02. The van der Waals surface area contributed by atoms with Crippen LogP contribution in [-0.2, 0) is 13.0 Å². The van der Waals surface area contributed by atoms with E-state index < -0.39 is 0 Å². The zero-order valence-electron chi connectivity index (χ0n) is 11.8. The van der Waals surface area contributed by atoms with E-state index in [0.29, 0.717) is 0 Å². The smallest absolute Gasteiger partial charge is 0.149 e. The van der Waals surface area contributed by atoms with Crippen molar-refractivity contribution in [2.24, 2.45) is 0 Å². The standard InChI is InChI=1S/C17H18BrNO/c1-3-12-14-9-11-7-5-6-8-13(11)16(18)17(14)20-15(12)10-19-4-2/h5-9,19H,3-4,10H2,1-2H3.